The molecule has 1 aliphatic heterocycles. The number of carbonyl (C=O) groups excluding carboxylic acids is 2. The fraction of sp³-hybridized carbons (Fsp3) is 0.619. The van der Waals surface area contributed by atoms with Crippen molar-refractivity contribution in [3.63, 3.8) is 0 Å². The topological polar surface area (TPSA) is 61.4 Å². The lowest BCUT2D eigenvalue weighted by molar-refractivity contribution is -0.125. The summed E-state index contributed by atoms with van der Waals surface area (Å²) in [6.45, 7) is 5.25. The molecule has 1 saturated heterocycles. The van der Waals surface area contributed by atoms with Crippen LogP contribution in [0.3, 0.4) is 0 Å². The summed E-state index contributed by atoms with van der Waals surface area (Å²) in [5.41, 5.74) is -0.175. The molecule has 0 aromatic heterocycles. The van der Waals surface area contributed by atoms with Crippen molar-refractivity contribution in [2.75, 3.05) is 13.1 Å². The van der Waals surface area contributed by atoms with Gasteiger partial charge in [0, 0.05) is 24.7 Å². The quantitative estimate of drug-likeness (QED) is 0.781. The van der Waals surface area contributed by atoms with Gasteiger partial charge in [0.1, 0.15) is 17.7 Å². The number of nitrogens with zero attached hydrogens (tertiary/aromatic N) is 1. The van der Waals surface area contributed by atoms with Gasteiger partial charge in [0.15, 0.2) is 0 Å². The maximum atomic E-state index is 14.2. The molecule has 5 nitrogen and oxygen atoms in total. The standard InChI is InChI=1S/C21H29F2N3O2/c1-3-24-13(2)12-25-20(27)19-10-14-6-4-5-7-18(14)26(19)21(28)16-9-8-15(22)11-17(16)23/h8-9,11,13-14,18-19,24H,3-7,10,12H2,1-2H3,(H,25,27)/t13-,14?,18?,19?/m1/s1. The van der Waals surface area contributed by atoms with Crippen LogP contribution >= 0.6 is 0 Å². The first-order valence-corrected chi connectivity index (χ1v) is 10.2. The molecule has 7 heteroatoms. The summed E-state index contributed by atoms with van der Waals surface area (Å²) >= 11 is 0. The van der Waals surface area contributed by atoms with Crippen LogP contribution in [0.25, 0.3) is 0 Å². The van der Waals surface area contributed by atoms with Gasteiger partial charge in [0.2, 0.25) is 5.91 Å². The zero-order chi connectivity index (χ0) is 20.3. The van der Waals surface area contributed by atoms with Crippen LogP contribution in [-0.4, -0.2) is 47.9 Å². The molecular formula is C21H29F2N3O2. The molecule has 2 N–H and O–H groups in total. The number of carbonyl (C=O) groups is 2. The Morgan fingerprint density at radius 1 is 1.25 bits per heavy atom. The minimum Gasteiger partial charge on any atom is -0.353 e. The van der Waals surface area contributed by atoms with Crippen molar-refractivity contribution in [2.24, 2.45) is 5.92 Å². The molecule has 1 aromatic carbocycles. The first-order chi connectivity index (χ1) is 13.4. The van der Waals surface area contributed by atoms with Gasteiger partial charge in [0.25, 0.3) is 5.91 Å². The van der Waals surface area contributed by atoms with Gasteiger partial charge >= 0.3 is 0 Å². The van der Waals surface area contributed by atoms with E-state index in [1.807, 2.05) is 13.8 Å². The van der Waals surface area contributed by atoms with Crippen LogP contribution in [-0.2, 0) is 4.79 Å². The third-order valence-electron chi connectivity index (χ3n) is 5.92. The fourth-order valence-corrected chi connectivity index (χ4v) is 4.58. The average Bonchev–Trinajstić information content (AvgIpc) is 3.05. The molecule has 2 aliphatic rings. The highest BCUT2D eigenvalue weighted by atomic mass is 19.1. The Labute approximate surface area is 164 Å². The van der Waals surface area contributed by atoms with Crippen LogP contribution < -0.4 is 10.6 Å². The van der Waals surface area contributed by atoms with Crippen LogP contribution in [0.15, 0.2) is 18.2 Å². The summed E-state index contributed by atoms with van der Waals surface area (Å²) in [4.78, 5) is 27.6. The number of halogens is 2. The summed E-state index contributed by atoms with van der Waals surface area (Å²) in [7, 11) is 0. The molecule has 4 atom stereocenters. The van der Waals surface area contributed by atoms with Crippen LogP contribution in [0, 0.1) is 17.6 Å². The fourth-order valence-electron chi connectivity index (χ4n) is 4.58. The number of hydrogen-bond acceptors (Lipinski definition) is 3. The van der Waals surface area contributed by atoms with E-state index in [1.54, 1.807) is 4.90 Å². The van der Waals surface area contributed by atoms with Gasteiger partial charge in [-0.15, -0.1) is 0 Å². The van der Waals surface area contributed by atoms with Gasteiger partial charge in [-0.2, -0.15) is 0 Å². The van der Waals surface area contributed by atoms with E-state index in [0.29, 0.717) is 13.0 Å². The van der Waals surface area contributed by atoms with E-state index in [0.717, 1.165) is 44.4 Å². The number of nitrogens with one attached hydrogen (secondary N) is 2. The smallest absolute Gasteiger partial charge is 0.257 e. The third-order valence-corrected chi connectivity index (χ3v) is 5.92. The van der Waals surface area contributed by atoms with E-state index < -0.39 is 23.6 Å². The van der Waals surface area contributed by atoms with Crippen LogP contribution in [0.4, 0.5) is 8.78 Å². The highest BCUT2D eigenvalue weighted by Crippen LogP contribution is 2.40. The van der Waals surface area contributed by atoms with Crippen molar-refractivity contribution in [1.29, 1.82) is 0 Å². The Balaban J connectivity index is 1.81. The molecule has 154 valence electrons. The van der Waals surface area contributed by atoms with Crippen molar-refractivity contribution in [2.45, 2.75) is 64.1 Å². The maximum absolute atomic E-state index is 14.2. The van der Waals surface area contributed by atoms with Gasteiger partial charge in [-0.25, -0.2) is 8.78 Å². The van der Waals surface area contributed by atoms with E-state index in [1.165, 1.54) is 6.07 Å². The lowest BCUT2D eigenvalue weighted by atomic mass is 9.84. The number of hydrogen-bond donors (Lipinski definition) is 2. The third kappa shape index (κ3) is 4.35. The average molecular weight is 393 g/mol. The van der Waals surface area contributed by atoms with Gasteiger partial charge in [0.05, 0.1) is 5.56 Å². The van der Waals surface area contributed by atoms with Gasteiger partial charge in [-0.05, 0) is 50.8 Å². The number of likely N-dealkylation sites (tertiary alicyclic amines) is 1. The molecule has 3 unspecified atom stereocenters. The molecule has 1 aliphatic carbocycles. The molecule has 2 fully saturated rings. The monoisotopic (exact) mass is 393 g/mol. The second-order valence-electron chi connectivity index (χ2n) is 7.90. The Morgan fingerprint density at radius 2 is 2.00 bits per heavy atom. The van der Waals surface area contributed by atoms with Gasteiger partial charge in [-0.1, -0.05) is 19.8 Å². The SMILES string of the molecule is CCN[C@H](C)CNC(=O)C1CC2CCCCC2N1C(=O)c1ccc(F)cc1F. The molecule has 0 radical (unpaired) electrons. The van der Waals surface area contributed by atoms with Gasteiger partial charge < -0.3 is 15.5 Å². The highest BCUT2D eigenvalue weighted by Gasteiger charge is 2.47. The molecule has 2 amide bonds. The molecule has 3 rings (SSSR count). The summed E-state index contributed by atoms with van der Waals surface area (Å²) < 4.78 is 27.5. The Hall–Kier alpha value is -2.02. The minimum absolute atomic E-state index is 0.0624. The van der Waals surface area contributed by atoms with Crippen molar-refractivity contribution in [3.05, 3.63) is 35.4 Å². The van der Waals surface area contributed by atoms with Crippen LogP contribution in [0.5, 0.6) is 0 Å². The van der Waals surface area contributed by atoms with E-state index in [4.69, 9.17) is 0 Å². The van der Waals surface area contributed by atoms with Crippen LogP contribution in [0.1, 0.15) is 56.3 Å². The molecule has 0 bridgehead atoms. The molecule has 1 saturated carbocycles. The van der Waals surface area contributed by atoms with E-state index >= 15 is 0 Å². The zero-order valence-corrected chi connectivity index (χ0v) is 16.5. The lowest BCUT2D eigenvalue weighted by Gasteiger charge is -2.33. The van der Waals surface area contributed by atoms with Crippen molar-refractivity contribution >= 4 is 11.8 Å². The number of benzene rings is 1. The number of likely N-dealkylation sites (N-methyl/N-ethyl adjacent to an activating group) is 1. The van der Waals surface area contributed by atoms with Crippen molar-refractivity contribution in [1.82, 2.24) is 15.5 Å². The maximum Gasteiger partial charge on any atom is 0.257 e. The first kappa shape index (κ1) is 20.7. The predicted octanol–water partition coefficient (Wildman–Crippen LogP) is 2.85. The van der Waals surface area contributed by atoms with E-state index in [9.17, 15) is 18.4 Å². The largest absolute Gasteiger partial charge is 0.353 e. The Morgan fingerprint density at radius 3 is 2.71 bits per heavy atom. The second kappa shape index (κ2) is 8.99. The number of amides is 2. The highest BCUT2D eigenvalue weighted by molar-refractivity contribution is 5.98. The minimum atomic E-state index is -0.885. The molecular weight excluding hydrogens is 364 g/mol. The Kier molecular flexibility index (Phi) is 6.65. The summed E-state index contributed by atoms with van der Waals surface area (Å²) in [6, 6.07) is 2.42. The molecule has 0 spiro atoms. The summed E-state index contributed by atoms with van der Waals surface area (Å²) in [6.07, 6.45) is 4.46. The van der Waals surface area contributed by atoms with Crippen LogP contribution in [0.2, 0.25) is 0 Å². The Bertz CT molecular complexity index is 728. The summed E-state index contributed by atoms with van der Waals surface area (Å²) in [5.74, 6) is -2.08. The summed E-state index contributed by atoms with van der Waals surface area (Å²) in [5, 5.41) is 6.16. The number of fused-ring (bicyclic) bond motifs is 1. The van der Waals surface area contributed by atoms with E-state index in [2.05, 4.69) is 10.6 Å². The normalized spacial score (nSPS) is 25.3. The lowest BCUT2D eigenvalue weighted by Crippen LogP contribution is -2.51. The predicted molar refractivity (Wildman–Crippen MR) is 103 cm³/mol. The number of rotatable bonds is 6. The van der Waals surface area contributed by atoms with E-state index in [-0.39, 0.29) is 29.5 Å². The van der Waals surface area contributed by atoms with Crippen molar-refractivity contribution < 1.29 is 18.4 Å². The van der Waals surface area contributed by atoms with Gasteiger partial charge in [-0.3, -0.25) is 9.59 Å². The molecule has 28 heavy (non-hydrogen) atoms. The first-order valence-electron chi connectivity index (χ1n) is 10.2. The zero-order valence-electron chi connectivity index (χ0n) is 16.5. The molecule has 1 heterocycles. The molecule has 1 aromatic rings. The second-order valence-corrected chi connectivity index (χ2v) is 7.90. The van der Waals surface area contributed by atoms with Crippen molar-refractivity contribution in [3.8, 4) is 0 Å².